The maximum absolute atomic E-state index is 4.54. The molecule has 0 unspecified atom stereocenters. The molecule has 0 saturated heterocycles. The van der Waals surface area contributed by atoms with Crippen molar-refractivity contribution >= 4 is 23.3 Å². The van der Waals surface area contributed by atoms with Crippen LogP contribution in [-0.4, -0.2) is 5.49 Å². The van der Waals surface area contributed by atoms with E-state index in [1.807, 2.05) is 0 Å². The van der Waals surface area contributed by atoms with Crippen LogP contribution >= 0.6 is 12.2 Å². The molecular formula is C19H29NS. The lowest BCUT2D eigenvalue weighted by molar-refractivity contribution is 0.403. The summed E-state index contributed by atoms with van der Waals surface area (Å²) in [5.41, 5.74) is 9.01. The fourth-order valence-corrected chi connectivity index (χ4v) is 2.46. The van der Waals surface area contributed by atoms with Crippen LogP contribution in [-0.2, 0) is 0 Å². The number of allylic oxidation sites excluding steroid dienone is 2. The second kappa shape index (κ2) is 8.99. The molecule has 2 N–H and O–H groups in total. The first-order valence-corrected chi connectivity index (χ1v) is 8.39. The third kappa shape index (κ3) is 7.42. The highest BCUT2D eigenvalue weighted by atomic mass is 32.1. The van der Waals surface area contributed by atoms with Gasteiger partial charge in [0.25, 0.3) is 0 Å². The highest BCUT2D eigenvalue weighted by Crippen LogP contribution is 2.40. The van der Waals surface area contributed by atoms with E-state index in [1.54, 1.807) is 0 Å². The molecule has 1 fully saturated rings. The Morgan fingerprint density at radius 1 is 1.24 bits per heavy atom. The van der Waals surface area contributed by atoms with Crippen molar-refractivity contribution in [2.24, 2.45) is 17.1 Å². The molecule has 1 aromatic rings. The Morgan fingerprint density at radius 3 is 2.14 bits per heavy atom. The van der Waals surface area contributed by atoms with E-state index in [-0.39, 0.29) is 0 Å². The summed E-state index contributed by atoms with van der Waals surface area (Å²) in [5, 5.41) is 0. The topological polar surface area (TPSA) is 26.0 Å². The Bertz CT molecular complexity index is 444. The van der Waals surface area contributed by atoms with Gasteiger partial charge >= 0.3 is 0 Å². The van der Waals surface area contributed by atoms with Crippen molar-refractivity contribution in [1.82, 2.24) is 0 Å². The standard InChI is InChI=1S/C13H16.C5H10.CH3NS/c1-13(2)9-8-12(10-13)11-6-4-3-5-7-11;1-2-5-3-4-5;2-1-3/h3-8H,9-10H2,1-2H3;5H,2-4H2,1H3;1H,(H2,2,3). The molecule has 1 aromatic carbocycles. The van der Waals surface area contributed by atoms with Gasteiger partial charge in [-0.25, -0.2) is 0 Å². The fourth-order valence-electron chi connectivity index (χ4n) is 2.46. The molecule has 0 radical (unpaired) electrons. The minimum absolute atomic E-state index is 0.477. The van der Waals surface area contributed by atoms with E-state index < -0.39 is 0 Å². The second-order valence-corrected chi connectivity index (χ2v) is 6.90. The van der Waals surface area contributed by atoms with Gasteiger partial charge in [0.1, 0.15) is 0 Å². The van der Waals surface area contributed by atoms with Crippen LogP contribution in [0.4, 0.5) is 0 Å². The predicted octanol–water partition coefficient (Wildman–Crippen LogP) is 5.60. The van der Waals surface area contributed by atoms with Crippen molar-refractivity contribution in [2.45, 2.75) is 52.9 Å². The molecule has 2 heteroatoms. The van der Waals surface area contributed by atoms with Crippen molar-refractivity contribution in [3.05, 3.63) is 42.0 Å². The fraction of sp³-hybridized carbons (Fsp3) is 0.526. The van der Waals surface area contributed by atoms with Gasteiger partial charge in [0.2, 0.25) is 0 Å². The first-order valence-electron chi connectivity index (χ1n) is 7.92. The maximum Gasteiger partial charge on any atom is 0.0588 e. The summed E-state index contributed by atoms with van der Waals surface area (Å²) in [6.45, 7) is 6.93. The van der Waals surface area contributed by atoms with Gasteiger partial charge in [0, 0.05) is 0 Å². The van der Waals surface area contributed by atoms with Crippen molar-refractivity contribution < 1.29 is 0 Å². The maximum atomic E-state index is 4.54. The first kappa shape index (κ1) is 17.9. The van der Waals surface area contributed by atoms with Gasteiger partial charge in [-0.2, -0.15) is 0 Å². The number of hydrogen-bond acceptors (Lipinski definition) is 1. The van der Waals surface area contributed by atoms with E-state index in [1.165, 1.54) is 43.2 Å². The summed E-state index contributed by atoms with van der Waals surface area (Å²) in [5.74, 6) is 1.13. The zero-order valence-corrected chi connectivity index (χ0v) is 14.5. The molecule has 1 nitrogen and oxygen atoms in total. The summed E-state index contributed by atoms with van der Waals surface area (Å²) in [6, 6.07) is 10.7. The highest BCUT2D eigenvalue weighted by molar-refractivity contribution is 7.78. The Balaban J connectivity index is 0.000000228. The molecule has 1 saturated carbocycles. The zero-order valence-electron chi connectivity index (χ0n) is 13.6. The molecule has 116 valence electrons. The SMILES string of the molecule is CC1(C)CC=C(c2ccccc2)C1.CCC1CC1.NC=S. The number of thiocarbonyl (C=S) groups is 1. The van der Waals surface area contributed by atoms with Gasteiger partial charge < -0.3 is 5.73 Å². The van der Waals surface area contributed by atoms with Crippen molar-refractivity contribution in [3.8, 4) is 0 Å². The number of hydrogen-bond donors (Lipinski definition) is 1. The van der Waals surface area contributed by atoms with Crippen LogP contribution in [0.2, 0.25) is 0 Å². The van der Waals surface area contributed by atoms with Crippen LogP contribution < -0.4 is 5.73 Å². The molecule has 0 heterocycles. The van der Waals surface area contributed by atoms with Crippen LogP contribution in [0.5, 0.6) is 0 Å². The van der Waals surface area contributed by atoms with Crippen molar-refractivity contribution in [1.29, 1.82) is 0 Å². The van der Waals surface area contributed by atoms with E-state index in [0.717, 1.165) is 11.4 Å². The van der Waals surface area contributed by atoms with Crippen molar-refractivity contribution in [2.75, 3.05) is 0 Å². The van der Waals surface area contributed by atoms with Gasteiger partial charge in [0.15, 0.2) is 0 Å². The van der Waals surface area contributed by atoms with Crippen LogP contribution in [0.1, 0.15) is 58.4 Å². The molecule has 21 heavy (non-hydrogen) atoms. The minimum atomic E-state index is 0.477. The third-order valence-electron chi connectivity index (χ3n) is 3.99. The van der Waals surface area contributed by atoms with Gasteiger partial charge in [-0.15, -0.1) is 0 Å². The first-order chi connectivity index (χ1) is 10.0. The normalized spacial score (nSPS) is 18.5. The number of rotatable bonds is 2. The summed E-state index contributed by atoms with van der Waals surface area (Å²) >= 11 is 4.05. The molecule has 0 amide bonds. The lowest BCUT2D eigenvalue weighted by atomic mass is 9.88. The second-order valence-electron chi connectivity index (χ2n) is 6.63. The Labute approximate surface area is 135 Å². The van der Waals surface area contributed by atoms with Gasteiger partial charge in [-0.1, -0.05) is 88.7 Å². The van der Waals surface area contributed by atoms with E-state index in [2.05, 4.69) is 75.1 Å². The summed E-state index contributed by atoms with van der Waals surface area (Å²) in [6.07, 6.45) is 9.26. The lowest BCUT2D eigenvalue weighted by Crippen LogP contribution is -2.04. The van der Waals surface area contributed by atoms with Gasteiger partial charge in [-0.3, -0.25) is 0 Å². The highest BCUT2D eigenvalue weighted by Gasteiger charge is 2.24. The van der Waals surface area contributed by atoms with E-state index in [9.17, 15) is 0 Å². The molecule has 0 bridgehead atoms. The minimum Gasteiger partial charge on any atom is -0.396 e. The smallest absolute Gasteiger partial charge is 0.0588 e. The number of benzene rings is 1. The van der Waals surface area contributed by atoms with Crippen molar-refractivity contribution in [3.63, 3.8) is 0 Å². The molecule has 2 aliphatic rings. The van der Waals surface area contributed by atoms with E-state index in [4.69, 9.17) is 0 Å². The lowest BCUT2D eigenvalue weighted by Gasteiger charge is -2.16. The van der Waals surface area contributed by atoms with Gasteiger partial charge in [0.05, 0.1) is 5.49 Å². The third-order valence-corrected chi connectivity index (χ3v) is 3.99. The Kier molecular flexibility index (Phi) is 7.66. The Morgan fingerprint density at radius 2 is 1.81 bits per heavy atom. The zero-order chi connectivity index (χ0) is 15.7. The van der Waals surface area contributed by atoms with E-state index in [0.29, 0.717) is 5.41 Å². The molecule has 0 aliphatic heterocycles. The molecular weight excluding hydrogens is 274 g/mol. The van der Waals surface area contributed by atoms with Crippen LogP contribution in [0.3, 0.4) is 0 Å². The molecule has 0 atom stereocenters. The largest absolute Gasteiger partial charge is 0.396 e. The molecule has 0 spiro atoms. The molecule has 0 aromatic heterocycles. The van der Waals surface area contributed by atoms with Crippen LogP contribution in [0.15, 0.2) is 36.4 Å². The molecule has 2 aliphatic carbocycles. The van der Waals surface area contributed by atoms with E-state index >= 15 is 0 Å². The quantitative estimate of drug-likeness (QED) is 0.720. The average Bonchev–Trinajstić information content (AvgIpc) is 3.24. The summed E-state index contributed by atoms with van der Waals surface area (Å²) < 4.78 is 0. The molecule has 3 rings (SSSR count). The van der Waals surface area contributed by atoms with Crippen LogP contribution in [0, 0.1) is 11.3 Å². The average molecular weight is 304 g/mol. The van der Waals surface area contributed by atoms with Crippen LogP contribution in [0.25, 0.3) is 5.57 Å². The Hall–Kier alpha value is -1.15. The monoisotopic (exact) mass is 303 g/mol. The summed E-state index contributed by atoms with van der Waals surface area (Å²) in [7, 11) is 0. The van der Waals surface area contributed by atoms with Gasteiger partial charge in [-0.05, 0) is 35.3 Å². The predicted molar refractivity (Wildman–Crippen MR) is 98.3 cm³/mol. The summed E-state index contributed by atoms with van der Waals surface area (Å²) in [4.78, 5) is 0. The number of nitrogens with two attached hydrogens (primary N) is 1.